The van der Waals surface area contributed by atoms with Gasteiger partial charge in [0.1, 0.15) is 0 Å². The van der Waals surface area contributed by atoms with Crippen LogP contribution >= 0.6 is 0 Å². The molecule has 0 amide bonds. The lowest BCUT2D eigenvalue weighted by atomic mass is 10.1. The first-order chi connectivity index (χ1) is 8.73. The van der Waals surface area contributed by atoms with Crippen LogP contribution in [0.3, 0.4) is 0 Å². The van der Waals surface area contributed by atoms with Gasteiger partial charge in [0.15, 0.2) is 11.0 Å². The first kappa shape index (κ1) is 15.8. The molecule has 0 saturated carbocycles. The van der Waals surface area contributed by atoms with E-state index in [9.17, 15) is 13.2 Å². The van der Waals surface area contributed by atoms with Gasteiger partial charge in [0, 0.05) is 5.56 Å². The number of hydrogen-bond acceptors (Lipinski definition) is 4. The quantitative estimate of drug-likeness (QED) is 0.799. The second kappa shape index (κ2) is 6.27. The third-order valence-electron chi connectivity index (χ3n) is 2.58. The normalized spacial score (nSPS) is 15.2. The molecule has 0 saturated heterocycles. The summed E-state index contributed by atoms with van der Waals surface area (Å²) in [6, 6.07) is 8.20. The van der Waals surface area contributed by atoms with Crippen molar-refractivity contribution in [2.45, 2.75) is 38.2 Å². The van der Waals surface area contributed by atoms with Gasteiger partial charge in [-0.25, -0.2) is 13.6 Å². The Labute approximate surface area is 113 Å². The van der Waals surface area contributed by atoms with Crippen LogP contribution in [-0.4, -0.2) is 31.7 Å². The Hall–Kier alpha value is -1.24. The Balaban J connectivity index is 3.09. The number of ketones is 1. The molecule has 0 aliphatic carbocycles. The van der Waals surface area contributed by atoms with Crippen molar-refractivity contribution in [2.24, 2.45) is 5.14 Å². The Bertz CT molecular complexity index is 525. The fraction of sp³-hybridized carbons (Fsp3) is 0.462. The van der Waals surface area contributed by atoms with Crippen molar-refractivity contribution in [3.05, 3.63) is 35.9 Å². The van der Waals surface area contributed by atoms with Crippen LogP contribution in [0.15, 0.2) is 30.3 Å². The zero-order valence-electron chi connectivity index (χ0n) is 11.2. The van der Waals surface area contributed by atoms with Crippen LogP contribution in [0.25, 0.3) is 0 Å². The first-order valence-electron chi connectivity index (χ1n) is 6.00. The molecule has 1 rings (SSSR count). The largest absolute Gasteiger partial charge is 0.374 e. The van der Waals surface area contributed by atoms with E-state index in [0.717, 1.165) is 0 Å². The van der Waals surface area contributed by atoms with E-state index >= 15 is 0 Å². The van der Waals surface area contributed by atoms with Crippen molar-refractivity contribution in [3.63, 3.8) is 0 Å². The molecule has 0 spiro atoms. The van der Waals surface area contributed by atoms with Crippen LogP contribution in [0.2, 0.25) is 0 Å². The maximum atomic E-state index is 12.3. The highest BCUT2D eigenvalue weighted by atomic mass is 32.2. The van der Waals surface area contributed by atoms with Crippen LogP contribution in [0.1, 0.15) is 31.1 Å². The zero-order valence-corrected chi connectivity index (χ0v) is 12.1. The molecular weight excluding hydrogens is 266 g/mol. The predicted molar refractivity (Wildman–Crippen MR) is 73.4 cm³/mol. The minimum atomic E-state index is -4.03. The third kappa shape index (κ3) is 4.41. The van der Waals surface area contributed by atoms with Crippen molar-refractivity contribution in [1.82, 2.24) is 0 Å². The Morgan fingerprint density at radius 2 is 1.68 bits per heavy atom. The van der Waals surface area contributed by atoms with Crippen LogP contribution < -0.4 is 5.14 Å². The number of sulfonamides is 1. The summed E-state index contributed by atoms with van der Waals surface area (Å²) in [5, 5.41) is 3.77. The number of hydrogen-bond donors (Lipinski definition) is 1. The minimum Gasteiger partial charge on any atom is -0.374 e. The summed E-state index contributed by atoms with van der Waals surface area (Å²) in [6.07, 6.45) is -0.995. The average Bonchev–Trinajstić information content (AvgIpc) is 2.27. The Kier molecular flexibility index (Phi) is 5.22. The monoisotopic (exact) mass is 285 g/mol. The molecule has 5 nitrogen and oxygen atoms in total. The maximum absolute atomic E-state index is 12.3. The number of rotatable bonds is 6. The average molecular weight is 285 g/mol. The molecule has 2 N–H and O–H groups in total. The fourth-order valence-electron chi connectivity index (χ4n) is 1.90. The predicted octanol–water partition coefficient (Wildman–Crippen LogP) is 1.34. The number of carbonyl (C=O) groups is 1. The summed E-state index contributed by atoms with van der Waals surface area (Å²) < 4.78 is 28.7. The summed E-state index contributed by atoms with van der Waals surface area (Å²) in [5.41, 5.74) is 0.306. The number of nitrogens with two attached hydrogens (primary N) is 1. The molecule has 0 aliphatic heterocycles. The van der Waals surface area contributed by atoms with Crippen molar-refractivity contribution in [2.75, 3.05) is 0 Å². The first-order valence-corrected chi connectivity index (χ1v) is 7.60. The summed E-state index contributed by atoms with van der Waals surface area (Å²) in [6.45, 7) is 5.07. The van der Waals surface area contributed by atoms with Crippen molar-refractivity contribution in [3.8, 4) is 0 Å². The molecule has 0 heterocycles. The number of ether oxygens (including phenoxy) is 1. The van der Waals surface area contributed by atoms with Gasteiger partial charge in [-0.05, 0) is 20.8 Å². The zero-order chi connectivity index (χ0) is 14.6. The highest BCUT2D eigenvalue weighted by Gasteiger charge is 2.36. The van der Waals surface area contributed by atoms with Gasteiger partial charge in [-0.3, -0.25) is 4.79 Å². The fourth-order valence-corrected chi connectivity index (χ4v) is 2.93. The summed E-state index contributed by atoms with van der Waals surface area (Å²) in [4.78, 5) is 12.3. The van der Waals surface area contributed by atoms with E-state index in [1.807, 2.05) is 0 Å². The van der Waals surface area contributed by atoms with E-state index in [0.29, 0.717) is 5.56 Å². The molecule has 2 unspecified atom stereocenters. The van der Waals surface area contributed by atoms with E-state index in [2.05, 4.69) is 0 Å². The number of primary sulfonamides is 1. The molecule has 1 aromatic carbocycles. The summed E-state index contributed by atoms with van der Waals surface area (Å²) >= 11 is 0. The van der Waals surface area contributed by atoms with E-state index < -0.39 is 27.2 Å². The maximum Gasteiger partial charge on any atom is 0.222 e. The molecule has 0 aromatic heterocycles. The van der Waals surface area contributed by atoms with Gasteiger partial charge < -0.3 is 4.74 Å². The molecule has 6 heteroatoms. The second-order valence-corrected chi connectivity index (χ2v) is 6.32. The lowest BCUT2D eigenvalue weighted by Gasteiger charge is -2.23. The lowest BCUT2D eigenvalue weighted by Crippen LogP contribution is -2.45. The van der Waals surface area contributed by atoms with Crippen molar-refractivity contribution in [1.29, 1.82) is 0 Å². The van der Waals surface area contributed by atoms with E-state index in [-0.39, 0.29) is 6.10 Å². The van der Waals surface area contributed by atoms with Gasteiger partial charge in [-0.2, -0.15) is 0 Å². The molecule has 1 aromatic rings. The van der Waals surface area contributed by atoms with Crippen LogP contribution in [-0.2, 0) is 14.8 Å². The molecule has 0 bridgehead atoms. The summed E-state index contributed by atoms with van der Waals surface area (Å²) in [5.74, 6) is -0.545. The molecule has 106 valence electrons. The third-order valence-corrected chi connectivity index (χ3v) is 3.89. The van der Waals surface area contributed by atoms with Gasteiger partial charge >= 0.3 is 0 Å². The van der Waals surface area contributed by atoms with Gasteiger partial charge in [-0.15, -0.1) is 0 Å². The van der Waals surface area contributed by atoms with E-state index in [1.54, 1.807) is 44.2 Å². The van der Waals surface area contributed by atoms with Gasteiger partial charge in [-0.1, -0.05) is 30.3 Å². The highest BCUT2D eigenvalue weighted by Crippen LogP contribution is 2.15. The number of benzene rings is 1. The molecule has 2 atom stereocenters. The molecule has 0 fully saturated rings. The van der Waals surface area contributed by atoms with Crippen molar-refractivity contribution >= 4 is 15.8 Å². The minimum absolute atomic E-state index is 0.192. The molecular formula is C13H19NO4S. The number of Topliss-reactive ketones (excluding diaryl/α,β-unsaturated/α-hetero) is 1. The molecule has 0 aliphatic rings. The topological polar surface area (TPSA) is 86.5 Å². The lowest BCUT2D eigenvalue weighted by molar-refractivity contribution is 0.0176. The van der Waals surface area contributed by atoms with Gasteiger partial charge in [0.2, 0.25) is 10.0 Å². The van der Waals surface area contributed by atoms with Crippen LogP contribution in [0, 0.1) is 0 Å². The van der Waals surface area contributed by atoms with Gasteiger partial charge in [0.25, 0.3) is 0 Å². The van der Waals surface area contributed by atoms with Gasteiger partial charge in [0.05, 0.1) is 12.2 Å². The van der Waals surface area contributed by atoms with Crippen molar-refractivity contribution < 1.29 is 17.9 Å². The second-order valence-electron chi connectivity index (χ2n) is 4.63. The highest BCUT2D eigenvalue weighted by molar-refractivity contribution is 7.90. The molecule has 19 heavy (non-hydrogen) atoms. The SMILES string of the molecule is CC(C)OC(C)C(C(=O)c1ccccc1)S(N)(=O)=O. The Morgan fingerprint density at radius 3 is 2.11 bits per heavy atom. The standard InChI is InChI=1S/C13H19NO4S/c1-9(2)18-10(3)13(19(14,16)17)12(15)11-7-5-4-6-8-11/h4-10,13H,1-3H3,(H2,14,16,17). The van der Waals surface area contributed by atoms with E-state index in [1.165, 1.54) is 6.92 Å². The van der Waals surface area contributed by atoms with E-state index in [4.69, 9.17) is 9.88 Å². The van der Waals surface area contributed by atoms with Crippen LogP contribution in [0.4, 0.5) is 0 Å². The Morgan fingerprint density at radius 1 is 1.16 bits per heavy atom. The van der Waals surface area contributed by atoms with Crippen LogP contribution in [0.5, 0.6) is 0 Å². The summed E-state index contributed by atoms with van der Waals surface area (Å²) in [7, 11) is -4.03. The smallest absolute Gasteiger partial charge is 0.222 e. The molecule has 0 radical (unpaired) electrons. The number of carbonyl (C=O) groups excluding carboxylic acids is 1.